The summed E-state index contributed by atoms with van der Waals surface area (Å²) in [6, 6.07) is 3.96. The molecule has 0 spiro atoms. The van der Waals surface area contributed by atoms with E-state index in [0.29, 0.717) is 5.75 Å². The van der Waals surface area contributed by atoms with Gasteiger partial charge in [0.25, 0.3) is 0 Å². The van der Waals surface area contributed by atoms with Crippen molar-refractivity contribution < 1.29 is 23.4 Å². The third kappa shape index (κ3) is 3.02. The highest BCUT2D eigenvalue weighted by Crippen LogP contribution is 2.38. The number of phenolic OH excluding ortho intramolecular Hbond substituents is 1. The fraction of sp³-hybridized carbons (Fsp3) is 0.462. The van der Waals surface area contributed by atoms with Crippen LogP contribution in [-0.2, 0) is 14.8 Å². The van der Waals surface area contributed by atoms with Crippen molar-refractivity contribution in [1.29, 1.82) is 0 Å². The van der Waals surface area contributed by atoms with Crippen molar-refractivity contribution in [2.45, 2.75) is 29.5 Å². The molecule has 0 aliphatic carbocycles. The van der Waals surface area contributed by atoms with Crippen LogP contribution in [0.4, 0.5) is 0 Å². The van der Waals surface area contributed by atoms with Crippen LogP contribution >= 0.6 is 11.8 Å². The van der Waals surface area contributed by atoms with Crippen molar-refractivity contribution in [3.05, 3.63) is 24.3 Å². The number of thioether (sulfide) groups is 1. The molecule has 1 aliphatic rings. The summed E-state index contributed by atoms with van der Waals surface area (Å²) in [6.45, 7) is 3.61. The van der Waals surface area contributed by atoms with E-state index < -0.39 is 26.8 Å². The highest BCUT2D eigenvalue weighted by molar-refractivity contribution is 8.00. The van der Waals surface area contributed by atoms with E-state index in [1.165, 1.54) is 36.0 Å². The molecule has 0 saturated carbocycles. The van der Waals surface area contributed by atoms with Gasteiger partial charge in [0.1, 0.15) is 11.8 Å². The van der Waals surface area contributed by atoms with Gasteiger partial charge in [-0.3, -0.25) is 4.79 Å². The highest BCUT2D eigenvalue weighted by Gasteiger charge is 2.48. The Hall–Kier alpha value is -1.25. The summed E-state index contributed by atoms with van der Waals surface area (Å²) in [7, 11) is -3.92. The Labute approximate surface area is 127 Å². The molecule has 0 radical (unpaired) electrons. The SMILES string of the molecule is CC1(C)SCCN(S(=O)(=O)c2ccc(O)cc2)C1C(=O)O. The maximum Gasteiger partial charge on any atom is 0.323 e. The first kappa shape index (κ1) is 16.1. The number of carboxylic acids is 1. The lowest BCUT2D eigenvalue weighted by atomic mass is 10.0. The molecule has 1 aromatic carbocycles. The zero-order chi connectivity index (χ0) is 15.8. The molecule has 2 N–H and O–H groups in total. The lowest BCUT2D eigenvalue weighted by Gasteiger charge is -2.42. The van der Waals surface area contributed by atoms with Gasteiger partial charge < -0.3 is 10.2 Å². The van der Waals surface area contributed by atoms with Crippen LogP contribution in [0.5, 0.6) is 5.75 Å². The minimum absolute atomic E-state index is 0.0192. The second kappa shape index (κ2) is 5.51. The summed E-state index contributed by atoms with van der Waals surface area (Å²) < 4.78 is 25.7. The zero-order valence-electron chi connectivity index (χ0n) is 11.7. The van der Waals surface area contributed by atoms with Gasteiger partial charge in [0.15, 0.2) is 0 Å². The van der Waals surface area contributed by atoms with Crippen LogP contribution in [-0.4, -0.2) is 52.0 Å². The van der Waals surface area contributed by atoms with Gasteiger partial charge >= 0.3 is 5.97 Å². The maximum atomic E-state index is 12.7. The summed E-state index contributed by atoms with van der Waals surface area (Å²) in [5, 5.41) is 18.7. The van der Waals surface area contributed by atoms with Crippen LogP contribution in [0, 0.1) is 0 Å². The number of nitrogens with zero attached hydrogens (tertiary/aromatic N) is 1. The fourth-order valence-electron chi connectivity index (χ4n) is 2.39. The Kier molecular flexibility index (Phi) is 4.23. The van der Waals surface area contributed by atoms with Crippen LogP contribution in [0.2, 0.25) is 0 Å². The van der Waals surface area contributed by atoms with Crippen molar-refractivity contribution in [3.63, 3.8) is 0 Å². The smallest absolute Gasteiger partial charge is 0.323 e. The Morgan fingerprint density at radius 3 is 2.43 bits per heavy atom. The topological polar surface area (TPSA) is 94.9 Å². The number of sulfonamides is 1. The summed E-state index contributed by atoms with van der Waals surface area (Å²) in [5.74, 6) is -0.665. The van der Waals surface area contributed by atoms with E-state index in [4.69, 9.17) is 0 Å². The lowest BCUT2D eigenvalue weighted by Crippen LogP contribution is -2.58. The van der Waals surface area contributed by atoms with Crippen molar-refractivity contribution in [3.8, 4) is 5.75 Å². The number of aromatic hydroxyl groups is 1. The molecule has 2 rings (SSSR count). The first-order chi connectivity index (χ1) is 9.66. The molecular weight excluding hydrogens is 314 g/mol. The minimum Gasteiger partial charge on any atom is -0.508 e. The van der Waals surface area contributed by atoms with Crippen molar-refractivity contribution in [2.75, 3.05) is 12.3 Å². The molecule has 1 atom stereocenters. The third-order valence-electron chi connectivity index (χ3n) is 3.41. The van der Waals surface area contributed by atoms with E-state index in [0.717, 1.165) is 4.31 Å². The molecule has 1 saturated heterocycles. The normalized spacial score (nSPS) is 22.9. The molecule has 0 aromatic heterocycles. The van der Waals surface area contributed by atoms with Gasteiger partial charge in [0, 0.05) is 17.0 Å². The van der Waals surface area contributed by atoms with Crippen molar-refractivity contribution in [2.24, 2.45) is 0 Å². The zero-order valence-corrected chi connectivity index (χ0v) is 13.3. The average molecular weight is 331 g/mol. The van der Waals surface area contributed by atoms with E-state index in [1.54, 1.807) is 13.8 Å². The van der Waals surface area contributed by atoms with Crippen LogP contribution < -0.4 is 0 Å². The largest absolute Gasteiger partial charge is 0.508 e. The van der Waals surface area contributed by atoms with E-state index in [-0.39, 0.29) is 17.2 Å². The molecular formula is C13H17NO5S2. The molecule has 0 amide bonds. The van der Waals surface area contributed by atoms with Gasteiger partial charge in [-0.1, -0.05) is 0 Å². The number of carbonyl (C=O) groups is 1. The molecule has 1 aromatic rings. The molecule has 8 heteroatoms. The minimum atomic E-state index is -3.92. The van der Waals surface area contributed by atoms with Gasteiger partial charge in [-0.2, -0.15) is 16.1 Å². The van der Waals surface area contributed by atoms with Crippen LogP contribution in [0.25, 0.3) is 0 Å². The molecule has 1 unspecified atom stereocenters. The third-order valence-corrected chi connectivity index (χ3v) is 6.64. The van der Waals surface area contributed by atoms with Gasteiger partial charge in [0.05, 0.1) is 4.90 Å². The molecule has 1 aliphatic heterocycles. The van der Waals surface area contributed by atoms with Crippen LogP contribution in [0.15, 0.2) is 29.2 Å². The Morgan fingerprint density at radius 2 is 1.90 bits per heavy atom. The highest BCUT2D eigenvalue weighted by atomic mass is 32.2. The number of phenols is 1. The molecule has 21 heavy (non-hydrogen) atoms. The van der Waals surface area contributed by atoms with Gasteiger partial charge in [0.2, 0.25) is 10.0 Å². The predicted molar refractivity (Wildman–Crippen MR) is 80.0 cm³/mol. The van der Waals surface area contributed by atoms with Crippen LogP contribution in [0.1, 0.15) is 13.8 Å². The number of carboxylic acid groups (broad SMARTS) is 1. The molecule has 1 heterocycles. The quantitative estimate of drug-likeness (QED) is 0.868. The maximum absolute atomic E-state index is 12.7. The Bertz CT molecular complexity index is 639. The predicted octanol–water partition coefficient (Wildman–Crippen LogP) is 1.36. The first-order valence-corrected chi connectivity index (χ1v) is 8.76. The Balaban J connectivity index is 2.46. The fourth-order valence-corrected chi connectivity index (χ4v) is 5.48. The van der Waals surface area contributed by atoms with Gasteiger partial charge in [-0.15, -0.1) is 0 Å². The van der Waals surface area contributed by atoms with Crippen LogP contribution in [0.3, 0.4) is 0 Å². The molecule has 116 valence electrons. The molecule has 0 bridgehead atoms. The number of aliphatic carboxylic acids is 1. The summed E-state index contributed by atoms with van der Waals surface area (Å²) in [4.78, 5) is 11.5. The Morgan fingerprint density at radius 1 is 1.33 bits per heavy atom. The second-order valence-corrected chi connectivity index (χ2v) is 8.94. The number of benzene rings is 1. The number of hydrogen-bond donors (Lipinski definition) is 2. The van der Waals surface area contributed by atoms with Crippen molar-refractivity contribution >= 4 is 27.8 Å². The number of rotatable bonds is 3. The molecule has 1 fully saturated rings. The van der Waals surface area contributed by atoms with Crippen molar-refractivity contribution in [1.82, 2.24) is 4.31 Å². The van der Waals surface area contributed by atoms with Gasteiger partial charge in [-0.05, 0) is 38.1 Å². The first-order valence-electron chi connectivity index (χ1n) is 6.34. The van der Waals surface area contributed by atoms with Gasteiger partial charge in [-0.25, -0.2) is 8.42 Å². The average Bonchev–Trinajstić information content (AvgIpc) is 2.37. The van der Waals surface area contributed by atoms with E-state index in [1.807, 2.05) is 0 Å². The summed E-state index contributed by atoms with van der Waals surface area (Å²) >= 11 is 1.45. The van der Waals surface area contributed by atoms with E-state index in [9.17, 15) is 23.4 Å². The van der Waals surface area contributed by atoms with E-state index in [2.05, 4.69) is 0 Å². The monoisotopic (exact) mass is 331 g/mol. The summed E-state index contributed by atoms with van der Waals surface area (Å²) in [5.41, 5.74) is 0. The second-order valence-electron chi connectivity index (χ2n) is 5.30. The van der Waals surface area contributed by atoms with E-state index >= 15 is 0 Å². The standard InChI is InChI=1S/C13H17NO5S2/c1-13(2)11(12(16)17)14(7-8-20-13)21(18,19)10-5-3-9(15)4-6-10/h3-6,11,15H,7-8H2,1-2H3,(H,16,17). The number of hydrogen-bond acceptors (Lipinski definition) is 5. The summed E-state index contributed by atoms with van der Waals surface area (Å²) in [6.07, 6.45) is 0. The molecule has 6 nitrogen and oxygen atoms in total. The lowest BCUT2D eigenvalue weighted by molar-refractivity contribution is -0.142.